The Balaban J connectivity index is 1.63. The normalized spacial score (nSPS) is 18.3. The molecule has 178 valence electrons. The lowest BCUT2D eigenvalue weighted by Gasteiger charge is -2.34. The monoisotopic (exact) mass is 432 g/mol. The molecule has 1 N–H and O–H groups in total. The van der Waals surface area contributed by atoms with Gasteiger partial charge in [0.2, 0.25) is 0 Å². The van der Waals surface area contributed by atoms with Crippen molar-refractivity contribution in [2.45, 2.75) is 91.2 Å². The fourth-order valence-corrected chi connectivity index (χ4v) is 4.04. The highest BCUT2D eigenvalue weighted by atomic mass is 16.5. The van der Waals surface area contributed by atoms with Crippen molar-refractivity contribution >= 4 is 0 Å². The average molecular weight is 433 g/mol. The van der Waals surface area contributed by atoms with E-state index < -0.39 is 0 Å². The first-order chi connectivity index (χ1) is 14.6. The van der Waals surface area contributed by atoms with Crippen LogP contribution in [-0.2, 0) is 11.2 Å². The van der Waals surface area contributed by atoms with Crippen molar-refractivity contribution in [2.75, 3.05) is 39.4 Å². The molecule has 1 atom stereocenters. The third-order valence-corrected chi connectivity index (χ3v) is 5.74. The summed E-state index contributed by atoms with van der Waals surface area (Å²) in [5.74, 6) is 1.77. The maximum atomic E-state index is 6.10. The van der Waals surface area contributed by atoms with E-state index in [1.807, 2.05) is 0 Å². The third-order valence-electron chi connectivity index (χ3n) is 5.74. The van der Waals surface area contributed by atoms with Gasteiger partial charge in [-0.3, -0.25) is 4.90 Å². The molecule has 0 saturated carbocycles. The van der Waals surface area contributed by atoms with Gasteiger partial charge in [0.15, 0.2) is 0 Å². The van der Waals surface area contributed by atoms with Crippen LogP contribution in [0.25, 0.3) is 0 Å². The standard InChI is InChI=1S/C27H48N2O2/c1-26(2,3)28-21-24-14-11-16-29(22-24)17-19-30-25-15-10-13-23(20-25)12-8-7-9-18-31-27(4,5)6/h10,13,15,20,24,28H,7-9,11-12,14,16-19,21-22H2,1-6H3. The fraction of sp³-hybridized carbons (Fsp3) is 0.778. The molecule has 1 fully saturated rings. The predicted octanol–water partition coefficient (Wildman–Crippen LogP) is 5.69. The lowest BCUT2D eigenvalue weighted by molar-refractivity contribution is -0.00469. The number of hydrogen-bond donors (Lipinski definition) is 1. The second-order valence-electron chi connectivity index (χ2n) is 11.2. The maximum Gasteiger partial charge on any atom is 0.119 e. The molecule has 2 rings (SSSR count). The Morgan fingerprint density at radius 1 is 1.03 bits per heavy atom. The van der Waals surface area contributed by atoms with E-state index in [9.17, 15) is 0 Å². The summed E-state index contributed by atoms with van der Waals surface area (Å²) < 4.78 is 11.9. The quantitative estimate of drug-likeness (QED) is 0.430. The zero-order valence-corrected chi connectivity index (χ0v) is 21.1. The number of benzene rings is 1. The zero-order chi connectivity index (χ0) is 22.7. The summed E-state index contributed by atoms with van der Waals surface area (Å²) in [6, 6.07) is 8.66. The summed E-state index contributed by atoms with van der Waals surface area (Å²) in [5.41, 5.74) is 1.56. The molecule has 0 spiro atoms. The number of ether oxygens (including phenoxy) is 2. The summed E-state index contributed by atoms with van der Waals surface area (Å²) in [6.45, 7) is 19.2. The molecule has 1 heterocycles. The van der Waals surface area contributed by atoms with Gasteiger partial charge in [0, 0.05) is 25.2 Å². The minimum absolute atomic E-state index is 0.0237. The number of hydrogen-bond acceptors (Lipinski definition) is 4. The van der Waals surface area contributed by atoms with E-state index in [4.69, 9.17) is 9.47 Å². The van der Waals surface area contributed by atoms with Gasteiger partial charge in [-0.2, -0.15) is 0 Å². The second kappa shape index (κ2) is 12.8. The van der Waals surface area contributed by atoms with Gasteiger partial charge in [-0.05, 0) is 110 Å². The van der Waals surface area contributed by atoms with E-state index in [1.165, 1.54) is 44.3 Å². The van der Waals surface area contributed by atoms with Crippen LogP contribution in [0.5, 0.6) is 5.75 Å². The Labute approximate surface area is 192 Å². The summed E-state index contributed by atoms with van der Waals surface area (Å²) >= 11 is 0. The number of likely N-dealkylation sites (tertiary alicyclic amines) is 1. The van der Waals surface area contributed by atoms with Crippen molar-refractivity contribution in [3.8, 4) is 5.75 Å². The van der Waals surface area contributed by atoms with Crippen molar-refractivity contribution < 1.29 is 9.47 Å². The number of unbranched alkanes of at least 4 members (excludes halogenated alkanes) is 2. The molecule has 4 nitrogen and oxygen atoms in total. The van der Waals surface area contributed by atoms with Crippen molar-refractivity contribution in [3.05, 3.63) is 29.8 Å². The highest BCUT2D eigenvalue weighted by Gasteiger charge is 2.21. The van der Waals surface area contributed by atoms with Crippen molar-refractivity contribution in [3.63, 3.8) is 0 Å². The number of nitrogens with zero attached hydrogens (tertiary/aromatic N) is 1. The van der Waals surface area contributed by atoms with E-state index >= 15 is 0 Å². The first-order valence-corrected chi connectivity index (χ1v) is 12.4. The molecule has 1 saturated heterocycles. The van der Waals surface area contributed by atoms with Gasteiger partial charge in [0.1, 0.15) is 12.4 Å². The topological polar surface area (TPSA) is 33.7 Å². The first kappa shape index (κ1) is 26.2. The first-order valence-electron chi connectivity index (χ1n) is 12.4. The summed E-state index contributed by atoms with van der Waals surface area (Å²) in [5, 5.41) is 3.67. The zero-order valence-electron chi connectivity index (χ0n) is 21.1. The fourth-order valence-electron chi connectivity index (χ4n) is 4.04. The van der Waals surface area contributed by atoms with Crippen LogP contribution in [0.4, 0.5) is 0 Å². The largest absolute Gasteiger partial charge is 0.492 e. The lowest BCUT2D eigenvalue weighted by atomic mass is 9.96. The Kier molecular flexibility index (Phi) is 10.8. The molecule has 31 heavy (non-hydrogen) atoms. The highest BCUT2D eigenvalue weighted by Crippen LogP contribution is 2.18. The van der Waals surface area contributed by atoms with Gasteiger partial charge < -0.3 is 14.8 Å². The Morgan fingerprint density at radius 2 is 1.84 bits per heavy atom. The van der Waals surface area contributed by atoms with Crippen LogP contribution in [0.3, 0.4) is 0 Å². The van der Waals surface area contributed by atoms with Gasteiger partial charge in [-0.25, -0.2) is 0 Å². The summed E-state index contributed by atoms with van der Waals surface area (Å²) in [7, 11) is 0. The molecule has 0 aliphatic carbocycles. The van der Waals surface area contributed by atoms with E-state index in [2.05, 4.69) is 76.0 Å². The SMILES string of the molecule is CC(C)(C)NCC1CCCN(CCOc2cccc(CCCCCOC(C)(C)C)c2)C1. The smallest absolute Gasteiger partial charge is 0.119 e. The molecule has 1 aliphatic heterocycles. The van der Waals surface area contributed by atoms with E-state index in [-0.39, 0.29) is 11.1 Å². The Morgan fingerprint density at radius 3 is 2.58 bits per heavy atom. The Bertz CT molecular complexity index is 618. The van der Waals surface area contributed by atoms with Gasteiger partial charge in [0.05, 0.1) is 5.60 Å². The van der Waals surface area contributed by atoms with Crippen LogP contribution >= 0.6 is 0 Å². The van der Waals surface area contributed by atoms with Crippen molar-refractivity contribution in [1.29, 1.82) is 0 Å². The molecule has 0 aromatic heterocycles. The summed E-state index contributed by atoms with van der Waals surface area (Å²) in [4.78, 5) is 2.57. The number of rotatable bonds is 12. The maximum absolute atomic E-state index is 6.10. The van der Waals surface area contributed by atoms with Crippen LogP contribution in [0.1, 0.15) is 79.2 Å². The number of aryl methyl sites for hydroxylation is 1. The van der Waals surface area contributed by atoms with Crippen LogP contribution in [0, 0.1) is 5.92 Å². The number of piperidine rings is 1. The molecule has 1 aliphatic rings. The predicted molar refractivity (Wildman–Crippen MR) is 132 cm³/mol. The van der Waals surface area contributed by atoms with Crippen LogP contribution in [0.2, 0.25) is 0 Å². The van der Waals surface area contributed by atoms with Gasteiger partial charge in [-0.1, -0.05) is 18.6 Å². The molecular formula is C27H48N2O2. The van der Waals surface area contributed by atoms with Crippen LogP contribution in [-0.4, -0.2) is 55.4 Å². The minimum atomic E-state index is -0.0237. The van der Waals surface area contributed by atoms with Crippen molar-refractivity contribution in [1.82, 2.24) is 10.2 Å². The van der Waals surface area contributed by atoms with Crippen LogP contribution in [0.15, 0.2) is 24.3 Å². The minimum Gasteiger partial charge on any atom is -0.492 e. The summed E-state index contributed by atoms with van der Waals surface area (Å²) in [6.07, 6.45) is 7.30. The van der Waals surface area contributed by atoms with Crippen LogP contribution < -0.4 is 10.1 Å². The van der Waals surface area contributed by atoms with E-state index in [1.54, 1.807) is 0 Å². The third kappa shape index (κ3) is 12.5. The van der Waals surface area contributed by atoms with E-state index in [0.717, 1.165) is 50.8 Å². The average Bonchev–Trinajstić information content (AvgIpc) is 2.68. The molecule has 1 aromatic rings. The molecule has 0 amide bonds. The molecular weight excluding hydrogens is 384 g/mol. The molecule has 0 radical (unpaired) electrons. The lowest BCUT2D eigenvalue weighted by Crippen LogP contribution is -2.45. The van der Waals surface area contributed by atoms with Crippen molar-refractivity contribution in [2.24, 2.45) is 5.92 Å². The second-order valence-corrected chi connectivity index (χ2v) is 11.2. The molecule has 0 bridgehead atoms. The Hall–Kier alpha value is -1.10. The van der Waals surface area contributed by atoms with Gasteiger partial charge in [0.25, 0.3) is 0 Å². The molecule has 1 unspecified atom stereocenters. The molecule has 1 aromatic carbocycles. The highest BCUT2D eigenvalue weighted by molar-refractivity contribution is 5.28. The van der Waals surface area contributed by atoms with E-state index in [0.29, 0.717) is 0 Å². The molecule has 4 heteroatoms. The number of nitrogens with one attached hydrogen (secondary N) is 1. The van der Waals surface area contributed by atoms with Gasteiger partial charge in [-0.15, -0.1) is 0 Å². The van der Waals surface area contributed by atoms with Gasteiger partial charge >= 0.3 is 0 Å².